The molecular weight excluding hydrogens is 878 g/mol. The lowest BCUT2D eigenvalue weighted by atomic mass is 9.77. The van der Waals surface area contributed by atoms with Gasteiger partial charge in [0.15, 0.2) is 12.6 Å². The monoisotopic (exact) mass is 962 g/mol. The molecule has 3 fully saturated rings. The number of aryl methyl sites for hydroxylation is 2. The number of nitrogens with zero attached hydrogens (tertiary/aromatic N) is 4. The van der Waals surface area contributed by atoms with Crippen LogP contribution in [0.15, 0.2) is 0 Å². The lowest BCUT2D eigenvalue weighted by Crippen LogP contribution is -2.61. The number of likely N-dealkylation sites (N-methyl/N-ethyl adjacent to an activating group) is 2. The predicted octanol–water partition coefficient (Wildman–Crippen LogP) is 3.44. The Morgan fingerprint density at radius 2 is 1.65 bits per heavy atom. The molecule has 0 bridgehead atoms. The molecule has 1 aromatic rings. The van der Waals surface area contributed by atoms with Gasteiger partial charge in [0, 0.05) is 58.3 Å². The Hall–Kier alpha value is -2.04. The molecule has 5 N–H and O–H groups in total. The molecule has 1 amide bonds. The van der Waals surface area contributed by atoms with E-state index in [4.69, 9.17) is 44.8 Å². The topological polar surface area (TPSA) is 216 Å². The number of cyclic esters (lactones) is 1. The van der Waals surface area contributed by atoms with Gasteiger partial charge >= 0.3 is 5.97 Å². The summed E-state index contributed by atoms with van der Waals surface area (Å²) in [5, 5.41) is 54.9. The largest absolute Gasteiger partial charge is 0.459 e. The third kappa shape index (κ3) is 13.0. The first-order chi connectivity index (χ1) is 30.6. The van der Waals surface area contributed by atoms with Crippen LogP contribution >= 0.6 is 11.6 Å². The van der Waals surface area contributed by atoms with Crippen LogP contribution in [0.3, 0.4) is 0 Å². The van der Waals surface area contributed by atoms with Gasteiger partial charge in [-0.3, -0.25) is 14.3 Å². The first kappa shape index (κ1) is 56.5. The lowest BCUT2D eigenvalue weighted by Gasteiger charge is -2.49. The van der Waals surface area contributed by atoms with E-state index in [2.05, 4.69) is 15.3 Å². The highest BCUT2D eigenvalue weighted by atomic mass is 35.5. The summed E-state index contributed by atoms with van der Waals surface area (Å²) in [5.74, 6) is -3.03. The predicted molar refractivity (Wildman–Crippen MR) is 248 cm³/mol. The van der Waals surface area contributed by atoms with Gasteiger partial charge in [-0.25, -0.2) is 0 Å². The van der Waals surface area contributed by atoms with Crippen molar-refractivity contribution in [2.75, 3.05) is 47.9 Å². The van der Waals surface area contributed by atoms with Crippen LogP contribution in [-0.4, -0.2) is 190 Å². The molecule has 3 saturated heterocycles. The summed E-state index contributed by atoms with van der Waals surface area (Å²) in [7, 11) is 8.96. The number of rotatable bonds is 13. The number of carbonyl (C=O) groups is 2. The van der Waals surface area contributed by atoms with Crippen LogP contribution < -0.4 is 5.32 Å². The van der Waals surface area contributed by atoms with Crippen LogP contribution in [0.4, 0.5) is 0 Å². The lowest BCUT2D eigenvalue weighted by molar-refractivity contribution is -0.321. The highest BCUT2D eigenvalue weighted by Crippen LogP contribution is 2.40. The Kier molecular flexibility index (Phi) is 19.9. The highest BCUT2D eigenvalue weighted by Gasteiger charge is 2.53. The number of hydrogen-bond acceptors (Lipinski definition) is 16. The van der Waals surface area contributed by atoms with E-state index in [-0.39, 0.29) is 55.0 Å². The fourth-order valence-corrected chi connectivity index (χ4v) is 10.6. The van der Waals surface area contributed by atoms with Gasteiger partial charge in [0.1, 0.15) is 35.2 Å². The first-order valence-electron chi connectivity index (χ1n) is 23.7. The van der Waals surface area contributed by atoms with Gasteiger partial charge in [0.05, 0.1) is 52.8 Å². The van der Waals surface area contributed by atoms with Crippen LogP contribution in [-0.2, 0) is 45.0 Å². The van der Waals surface area contributed by atoms with E-state index in [9.17, 15) is 30.0 Å². The van der Waals surface area contributed by atoms with Crippen LogP contribution in [0, 0.1) is 24.7 Å². The Morgan fingerprint density at radius 3 is 2.23 bits per heavy atom. The Bertz CT molecular complexity index is 1740. The number of aromatic nitrogens is 2. The smallest absolute Gasteiger partial charge is 0.311 e. The molecule has 18 atom stereocenters. The average molecular weight is 963 g/mol. The van der Waals surface area contributed by atoms with Gasteiger partial charge in [-0.05, 0) is 108 Å². The van der Waals surface area contributed by atoms with E-state index < -0.39 is 96.0 Å². The van der Waals surface area contributed by atoms with Gasteiger partial charge in [-0.1, -0.05) is 32.4 Å². The molecule has 0 spiro atoms. The van der Waals surface area contributed by atoms with Crippen molar-refractivity contribution in [1.82, 2.24) is 24.9 Å². The minimum atomic E-state index is -1.83. The molecule has 4 rings (SSSR count). The molecule has 3 aliphatic rings. The van der Waals surface area contributed by atoms with Crippen molar-refractivity contribution in [2.45, 2.75) is 199 Å². The zero-order valence-corrected chi connectivity index (χ0v) is 43.2. The minimum Gasteiger partial charge on any atom is -0.459 e. The SMILES string of the molecule is CC[C@H]1OC(=O)[C@H](C)[C@@H](O[C@H]2C[C@@](C)(OC)[C@@H](O)[C@H](C)O2)[C@H](C)[C@@H](O[C@@H]2O[C@H](C)C[C@H](N(C)C)[C@H]2OCCCNC(=O)c2c(C)nn(C)c2Cl)[C@](C)(O)C[C@@H](C)CN(C)[C@H](C)[C@@H](O)[C@]1(C)O. The van der Waals surface area contributed by atoms with Crippen LogP contribution in [0.1, 0.15) is 117 Å². The van der Waals surface area contributed by atoms with Crippen LogP contribution in [0.2, 0.25) is 5.15 Å². The molecule has 0 aromatic carbocycles. The maximum atomic E-state index is 14.5. The number of carbonyl (C=O) groups excluding carboxylic acids is 2. The molecule has 3 aliphatic heterocycles. The summed E-state index contributed by atoms with van der Waals surface area (Å²) in [6.45, 7) is 20.4. The van der Waals surface area contributed by atoms with Crippen molar-refractivity contribution in [1.29, 1.82) is 0 Å². The zero-order valence-electron chi connectivity index (χ0n) is 42.4. The molecule has 0 saturated carbocycles. The van der Waals surface area contributed by atoms with Crippen molar-refractivity contribution in [3.8, 4) is 0 Å². The summed E-state index contributed by atoms with van der Waals surface area (Å²) in [6, 6.07) is -0.743. The van der Waals surface area contributed by atoms with Gasteiger partial charge < -0.3 is 68.7 Å². The van der Waals surface area contributed by atoms with Crippen molar-refractivity contribution >= 4 is 23.5 Å². The highest BCUT2D eigenvalue weighted by molar-refractivity contribution is 6.33. The van der Waals surface area contributed by atoms with Crippen molar-refractivity contribution in [3.63, 3.8) is 0 Å². The fourth-order valence-electron chi connectivity index (χ4n) is 10.4. The molecule has 18 nitrogen and oxygen atoms in total. The summed E-state index contributed by atoms with van der Waals surface area (Å²) < 4.78 is 46.9. The fraction of sp³-hybridized carbons (Fsp3) is 0.894. The number of aliphatic hydroxyl groups is 4. The maximum Gasteiger partial charge on any atom is 0.311 e. The maximum absolute atomic E-state index is 14.5. The number of methoxy groups -OCH3 is 1. The Labute approximate surface area is 398 Å². The number of aliphatic hydroxyl groups excluding tert-OH is 2. The zero-order chi connectivity index (χ0) is 49.8. The van der Waals surface area contributed by atoms with Gasteiger partial charge in [0.25, 0.3) is 5.91 Å². The van der Waals surface area contributed by atoms with Gasteiger partial charge in [0.2, 0.25) is 0 Å². The molecule has 19 heteroatoms. The van der Waals surface area contributed by atoms with Crippen molar-refractivity contribution in [2.24, 2.45) is 24.8 Å². The van der Waals surface area contributed by atoms with E-state index in [1.165, 1.54) is 18.7 Å². The number of ether oxygens (including phenoxy) is 7. The second kappa shape index (κ2) is 23.3. The minimum absolute atomic E-state index is 0.112. The Balaban J connectivity index is 1.76. The van der Waals surface area contributed by atoms with E-state index in [1.807, 2.05) is 46.8 Å². The average Bonchev–Trinajstić information content (AvgIpc) is 3.50. The summed E-state index contributed by atoms with van der Waals surface area (Å²) >= 11 is 6.35. The number of amides is 1. The normalized spacial score (nSPS) is 41.5. The van der Waals surface area contributed by atoms with Crippen LogP contribution in [0.5, 0.6) is 0 Å². The van der Waals surface area contributed by atoms with E-state index in [1.54, 1.807) is 55.5 Å². The molecule has 4 heterocycles. The van der Waals surface area contributed by atoms with E-state index in [0.717, 1.165) is 0 Å². The first-order valence-corrected chi connectivity index (χ1v) is 24.1. The number of hydrogen-bond donors (Lipinski definition) is 5. The van der Waals surface area contributed by atoms with E-state index in [0.29, 0.717) is 37.2 Å². The Morgan fingerprint density at radius 1 is 1.00 bits per heavy atom. The molecule has 382 valence electrons. The molecular formula is C47H84ClN5O13. The summed E-state index contributed by atoms with van der Waals surface area (Å²) in [6.07, 6.45) is -7.50. The molecule has 0 unspecified atom stereocenters. The quantitative estimate of drug-likeness (QED) is 0.141. The molecule has 0 aliphatic carbocycles. The third-order valence-electron chi connectivity index (χ3n) is 14.5. The standard InChI is InChI=1S/C47H84ClN5O13/c1-17-33-47(11,59)38(54)30(7)52(14)24-25(2)22-45(9,58)40(27(4)36(28(5)43(57)64-33)65-34-23-46(10,60-16)39(55)31(8)63-34)66-44-37(32(51(12)13)21-26(3)62-44)61-20-18-19-49-42(56)35-29(6)50-53(15)41(35)48/h25-28,30-34,36-40,44,54-55,58-59H,17-24H2,1-16H3,(H,49,56)/t25-,26-,27+,28-,30-,31+,32+,33-,34+,36+,37-,38-,39+,40-,44+,45-,46-,47-/m1/s1. The summed E-state index contributed by atoms with van der Waals surface area (Å²) in [4.78, 5) is 31.6. The number of esters is 1. The van der Waals surface area contributed by atoms with Gasteiger partial charge in [-0.15, -0.1) is 0 Å². The second-order valence-corrected chi connectivity index (χ2v) is 20.9. The number of nitrogens with one attached hydrogen (secondary N) is 1. The summed E-state index contributed by atoms with van der Waals surface area (Å²) in [5.41, 5.74) is -3.63. The van der Waals surface area contributed by atoms with Crippen molar-refractivity contribution < 1.29 is 63.2 Å². The van der Waals surface area contributed by atoms with Crippen molar-refractivity contribution in [3.05, 3.63) is 16.4 Å². The molecule has 0 radical (unpaired) electrons. The number of halogens is 1. The second-order valence-electron chi connectivity index (χ2n) is 20.5. The van der Waals surface area contributed by atoms with E-state index >= 15 is 0 Å². The third-order valence-corrected chi connectivity index (χ3v) is 14.9. The van der Waals surface area contributed by atoms with Crippen LogP contribution in [0.25, 0.3) is 0 Å². The molecule has 66 heavy (non-hydrogen) atoms. The molecule has 1 aromatic heterocycles. The van der Waals surface area contributed by atoms with Gasteiger partial charge in [-0.2, -0.15) is 5.10 Å².